The molecule has 0 aliphatic rings. The summed E-state index contributed by atoms with van der Waals surface area (Å²) in [5.41, 5.74) is 0.730. The van der Waals surface area contributed by atoms with Gasteiger partial charge >= 0.3 is 6.09 Å². The fraction of sp³-hybridized carbons (Fsp3) is 0.529. The van der Waals surface area contributed by atoms with Gasteiger partial charge in [-0.3, -0.25) is 4.99 Å². The van der Waals surface area contributed by atoms with Gasteiger partial charge in [-0.25, -0.2) is 4.79 Å². The van der Waals surface area contributed by atoms with E-state index in [1.165, 1.54) is 5.56 Å². The number of carbonyl (C=O) groups is 1. The fourth-order valence-corrected chi connectivity index (χ4v) is 1.97. The monoisotopic (exact) mass is 320 g/mol. The smallest absolute Gasteiger partial charge is 0.407 e. The molecule has 0 spiro atoms. The molecular formula is C17H28N4O2. The van der Waals surface area contributed by atoms with Crippen LogP contribution in [-0.2, 0) is 11.3 Å². The van der Waals surface area contributed by atoms with Crippen molar-refractivity contribution in [2.45, 2.75) is 32.9 Å². The van der Waals surface area contributed by atoms with Crippen molar-refractivity contribution in [3.05, 3.63) is 35.9 Å². The van der Waals surface area contributed by atoms with Gasteiger partial charge in [0.1, 0.15) is 5.60 Å². The molecule has 0 heterocycles. The molecular weight excluding hydrogens is 292 g/mol. The summed E-state index contributed by atoms with van der Waals surface area (Å²) in [6.45, 7) is 7.32. The summed E-state index contributed by atoms with van der Waals surface area (Å²) < 4.78 is 5.18. The van der Waals surface area contributed by atoms with Gasteiger partial charge in [-0.15, -0.1) is 0 Å². The minimum atomic E-state index is -0.483. The van der Waals surface area contributed by atoms with E-state index in [1.54, 1.807) is 7.05 Å². The summed E-state index contributed by atoms with van der Waals surface area (Å²) in [7, 11) is 3.72. The lowest BCUT2D eigenvalue weighted by molar-refractivity contribution is 0.0529. The summed E-state index contributed by atoms with van der Waals surface area (Å²) in [5, 5.41) is 5.92. The first-order valence-corrected chi connectivity index (χ1v) is 7.74. The Balaban J connectivity index is 2.33. The number of rotatable bonds is 5. The molecule has 1 aromatic carbocycles. The molecule has 0 aliphatic carbocycles. The first-order valence-electron chi connectivity index (χ1n) is 7.74. The highest BCUT2D eigenvalue weighted by Gasteiger charge is 2.15. The first-order chi connectivity index (χ1) is 10.8. The SMILES string of the molecule is CN=C(NCCNC(=O)OC(C)(C)C)N(C)Cc1ccccc1. The molecule has 23 heavy (non-hydrogen) atoms. The molecule has 0 fully saturated rings. The summed E-state index contributed by atoms with van der Waals surface area (Å²) in [6, 6.07) is 10.2. The van der Waals surface area contributed by atoms with Gasteiger partial charge in [0.2, 0.25) is 0 Å². The topological polar surface area (TPSA) is 66.0 Å². The van der Waals surface area contributed by atoms with Crippen molar-refractivity contribution < 1.29 is 9.53 Å². The van der Waals surface area contributed by atoms with Gasteiger partial charge in [0.25, 0.3) is 0 Å². The molecule has 0 bridgehead atoms. The Labute approximate surface area is 138 Å². The molecule has 0 aromatic heterocycles. The van der Waals surface area contributed by atoms with Gasteiger partial charge in [-0.1, -0.05) is 30.3 Å². The molecule has 0 saturated heterocycles. The van der Waals surface area contributed by atoms with Gasteiger partial charge in [0, 0.05) is 33.7 Å². The molecule has 0 aliphatic heterocycles. The number of hydrogen-bond donors (Lipinski definition) is 2. The average Bonchev–Trinajstić information content (AvgIpc) is 2.46. The summed E-state index contributed by atoms with van der Waals surface area (Å²) in [4.78, 5) is 17.8. The van der Waals surface area contributed by atoms with Crippen LogP contribution in [0.3, 0.4) is 0 Å². The summed E-state index contributed by atoms with van der Waals surface area (Å²) in [6.07, 6.45) is -0.410. The van der Waals surface area contributed by atoms with Gasteiger partial charge in [0.05, 0.1) is 0 Å². The second-order valence-electron chi connectivity index (χ2n) is 6.24. The zero-order chi connectivity index (χ0) is 17.3. The highest BCUT2D eigenvalue weighted by molar-refractivity contribution is 5.79. The maximum atomic E-state index is 11.5. The van der Waals surface area contributed by atoms with E-state index in [0.29, 0.717) is 13.1 Å². The zero-order valence-corrected chi connectivity index (χ0v) is 14.7. The normalized spacial score (nSPS) is 11.8. The van der Waals surface area contributed by atoms with Crippen molar-refractivity contribution in [2.24, 2.45) is 4.99 Å². The van der Waals surface area contributed by atoms with Crippen molar-refractivity contribution in [2.75, 3.05) is 27.2 Å². The van der Waals surface area contributed by atoms with E-state index in [2.05, 4.69) is 27.8 Å². The molecule has 128 valence electrons. The summed E-state index contributed by atoms with van der Waals surface area (Å²) >= 11 is 0. The Kier molecular flexibility index (Phi) is 7.38. The average molecular weight is 320 g/mol. The number of amides is 1. The Bertz CT molecular complexity index is 509. The van der Waals surface area contributed by atoms with Crippen LogP contribution in [0.1, 0.15) is 26.3 Å². The molecule has 1 rings (SSSR count). The third-order valence-corrected chi connectivity index (χ3v) is 2.91. The number of nitrogens with one attached hydrogen (secondary N) is 2. The molecule has 1 amide bonds. The third kappa shape index (κ3) is 8.09. The Morgan fingerprint density at radius 3 is 2.35 bits per heavy atom. The van der Waals surface area contributed by atoms with Crippen molar-refractivity contribution >= 4 is 12.1 Å². The second-order valence-corrected chi connectivity index (χ2v) is 6.24. The predicted molar refractivity (Wildman–Crippen MR) is 93.5 cm³/mol. The number of guanidine groups is 1. The molecule has 0 radical (unpaired) electrons. The molecule has 0 saturated carbocycles. The highest BCUT2D eigenvalue weighted by Crippen LogP contribution is 2.06. The van der Waals surface area contributed by atoms with Crippen LogP contribution in [-0.4, -0.2) is 49.7 Å². The van der Waals surface area contributed by atoms with Crippen LogP contribution >= 0.6 is 0 Å². The Hall–Kier alpha value is -2.24. The Morgan fingerprint density at radius 2 is 1.78 bits per heavy atom. The van der Waals surface area contributed by atoms with Crippen LogP contribution in [0.5, 0.6) is 0 Å². The largest absolute Gasteiger partial charge is 0.444 e. The van der Waals surface area contributed by atoms with Crippen LogP contribution < -0.4 is 10.6 Å². The van der Waals surface area contributed by atoms with E-state index >= 15 is 0 Å². The predicted octanol–water partition coefficient (Wildman–Crippen LogP) is 2.22. The van der Waals surface area contributed by atoms with E-state index in [4.69, 9.17) is 4.74 Å². The maximum absolute atomic E-state index is 11.5. The molecule has 6 heteroatoms. The van der Waals surface area contributed by atoms with E-state index in [0.717, 1.165) is 12.5 Å². The third-order valence-electron chi connectivity index (χ3n) is 2.91. The van der Waals surface area contributed by atoms with Crippen LogP contribution in [0.4, 0.5) is 4.79 Å². The van der Waals surface area contributed by atoms with Crippen molar-refractivity contribution in [1.82, 2.24) is 15.5 Å². The van der Waals surface area contributed by atoms with Crippen molar-refractivity contribution in [3.63, 3.8) is 0 Å². The van der Waals surface area contributed by atoms with Crippen LogP contribution in [0.2, 0.25) is 0 Å². The van der Waals surface area contributed by atoms with Crippen LogP contribution in [0.25, 0.3) is 0 Å². The van der Waals surface area contributed by atoms with Gasteiger partial charge in [0.15, 0.2) is 5.96 Å². The number of benzene rings is 1. The van der Waals surface area contributed by atoms with Gasteiger partial charge < -0.3 is 20.3 Å². The van der Waals surface area contributed by atoms with Crippen LogP contribution in [0, 0.1) is 0 Å². The number of nitrogens with zero attached hydrogens (tertiary/aromatic N) is 2. The van der Waals surface area contributed by atoms with E-state index in [9.17, 15) is 4.79 Å². The number of alkyl carbamates (subject to hydrolysis) is 1. The first kappa shape index (κ1) is 18.8. The highest BCUT2D eigenvalue weighted by atomic mass is 16.6. The lowest BCUT2D eigenvalue weighted by atomic mass is 10.2. The number of aliphatic imine (C=N–C) groups is 1. The lowest BCUT2D eigenvalue weighted by Gasteiger charge is -2.23. The van der Waals surface area contributed by atoms with Crippen molar-refractivity contribution in [1.29, 1.82) is 0 Å². The number of ether oxygens (including phenoxy) is 1. The van der Waals surface area contributed by atoms with Crippen molar-refractivity contribution in [3.8, 4) is 0 Å². The Morgan fingerprint density at radius 1 is 1.17 bits per heavy atom. The maximum Gasteiger partial charge on any atom is 0.407 e. The fourth-order valence-electron chi connectivity index (χ4n) is 1.97. The van der Waals surface area contributed by atoms with E-state index in [-0.39, 0.29) is 0 Å². The molecule has 0 atom stereocenters. The number of carbonyl (C=O) groups excluding carboxylic acids is 1. The minimum absolute atomic E-state index is 0.410. The zero-order valence-electron chi connectivity index (χ0n) is 14.7. The molecule has 6 nitrogen and oxygen atoms in total. The molecule has 2 N–H and O–H groups in total. The number of hydrogen-bond acceptors (Lipinski definition) is 3. The quantitative estimate of drug-likeness (QED) is 0.496. The minimum Gasteiger partial charge on any atom is -0.444 e. The summed E-state index contributed by atoms with van der Waals surface area (Å²) in [5.74, 6) is 0.778. The molecule has 0 unspecified atom stereocenters. The lowest BCUT2D eigenvalue weighted by Crippen LogP contribution is -2.43. The van der Waals surface area contributed by atoms with E-state index < -0.39 is 11.7 Å². The van der Waals surface area contributed by atoms with Crippen LogP contribution in [0.15, 0.2) is 35.3 Å². The van der Waals surface area contributed by atoms with Gasteiger partial charge in [-0.05, 0) is 26.3 Å². The van der Waals surface area contributed by atoms with E-state index in [1.807, 2.05) is 50.9 Å². The molecule has 1 aromatic rings. The second kappa shape index (κ2) is 9.02. The standard InChI is InChI=1S/C17H28N4O2/c1-17(2,3)23-16(22)20-12-11-19-15(18-4)21(5)13-14-9-7-6-8-10-14/h6-10H,11-13H2,1-5H3,(H,18,19)(H,20,22). The van der Waals surface area contributed by atoms with Gasteiger partial charge in [-0.2, -0.15) is 0 Å².